The van der Waals surface area contributed by atoms with E-state index in [1.54, 1.807) is 22.7 Å². The first-order valence-electron chi connectivity index (χ1n) is 7.17. The summed E-state index contributed by atoms with van der Waals surface area (Å²) in [6.07, 6.45) is 1.15. The fourth-order valence-electron chi connectivity index (χ4n) is 2.18. The maximum absolute atomic E-state index is 4.89. The van der Waals surface area contributed by atoms with Gasteiger partial charge in [-0.3, -0.25) is 0 Å². The normalized spacial score (nSPS) is 10.9. The van der Waals surface area contributed by atoms with Crippen molar-refractivity contribution in [1.29, 1.82) is 0 Å². The molecule has 0 saturated carbocycles. The average molecular weight is 314 g/mol. The molecule has 0 atom stereocenters. The number of hydrogen-bond donors (Lipinski definition) is 1. The highest BCUT2D eigenvalue weighted by molar-refractivity contribution is 7.16. The van der Waals surface area contributed by atoms with Crippen molar-refractivity contribution >= 4 is 22.7 Å². The molecule has 0 saturated heterocycles. The van der Waals surface area contributed by atoms with Gasteiger partial charge in [-0.2, -0.15) is 11.3 Å². The van der Waals surface area contributed by atoms with Crippen LogP contribution in [0.4, 0.5) is 0 Å². The van der Waals surface area contributed by atoms with Crippen LogP contribution in [0.15, 0.2) is 47.2 Å². The Labute approximate surface area is 133 Å². The third-order valence-electron chi connectivity index (χ3n) is 3.23. The average Bonchev–Trinajstić information content (AvgIpc) is 3.18. The molecule has 0 bridgehead atoms. The topological polar surface area (TPSA) is 24.9 Å². The number of aromatic nitrogens is 1. The Morgan fingerprint density at radius 3 is 2.67 bits per heavy atom. The van der Waals surface area contributed by atoms with E-state index in [4.69, 9.17) is 4.98 Å². The van der Waals surface area contributed by atoms with Crippen LogP contribution in [-0.2, 0) is 6.54 Å². The van der Waals surface area contributed by atoms with Crippen LogP contribution in [0, 0.1) is 0 Å². The smallest absolute Gasteiger partial charge is 0.125 e. The molecular formula is C17H18N2S2. The number of nitrogens with zero attached hydrogens (tertiary/aromatic N) is 1. The number of nitrogens with one attached hydrogen (secondary N) is 1. The molecule has 0 spiro atoms. The van der Waals surface area contributed by atoms with Gasteiger partial charge in [0.25, 0.3) is 0 Å². The van der Waals surface area contributed by atoms with Gasteiger partial charge < -0.3 is 5.32 Å². The summed E-state index contributed by atoms with van der Waals surface area (Å²) in [5.74, 6) is 0. The minimum absolute atomic E-state index is 0.889. The van der Waals surface area contributed by atoms with Gasteiger partial charge in [-0.05, 0) is 24.4 Å². The largest absolute Gasteiger partial charge is 0.312 e. The zero-order valence-electron chi connectivity index (χ0n) is 12.0. The molecule has 2 heterocycles. The molecule has 0 aliphatic rings. The van der Waals surface area contributed by atoms with Gasteiger partial charge in [0.15, 0.2) is 0 Å². The van der Waals surface area contributed by atoms with Crippen molar-refractivity contribution in [2.24, 2.45) is 0 Å². The van der Waals surface area contributed by atoms with Crippen molar-refractivity contribution in [3.05, 3.63) is 52.0 Å². The number of thiophene rings is 1. The minimum Gasteiger partial charge on any atom is -0.312 e. The van der Waals surface area contributed by atoms with Crippen molar-refractivity contribution in [3.63, 3.8) is 0 Å². The van der Waals surface area contributed by atoms with Gasteiger partial charge in [-0.25, -0.2) is 4.98 Å². The summed E-state index contributed by atoms with van der Waals surface area (Å²) >= 11 is 3.51. The quantitative estimate of drug-likeness (QED) is 0.645. The minimum atomic E-state index is 0.889. The van der Waals surface area contributed by atoms with E-state index in [1.165, 1.54) is 16.0 Å². The fourth-order valence-corrected chi connectivity index (χ4v) is 3.95. The second kappa shape index (κ2) is 6.98. The SMILES string of the molecule is CCCNCc1sc(-c2ccsc2)nc1-c1ccccc1. The highest BCUT2D eigenvalue weighted by Gasteiger charge is 2.14. The Morgan fingerprint density at radius 1 is 1.10 bits per heavy atom. The van der Waals surface area contributed by atoms with Crippen LogP contribution in [0.25, 0.3) is 21.8 Å². The lowest BCUT2D eigenvalue weighted by Gasteiger charge is -2.03. The lowest BCUT2D eigenvalue weighted by molar-refractivity contribution is 0.681. The van der Waals surface area contributed by atoms with Crippen LogP contribution in [-0.4, -0.2) is 11.5 Å². The molecule has 0 amide bonds. The summed E-state index contributed by atoms with van der Waals surface area (Å²) in [6.45, 7) is 4.12. The van der Waals surface area contributed by atoms with Crippen LogP contribution >= 0.6 is 22.7 Å². The predicted molar refractivity (Wildman–Crippen MR) is 92.9 cm³/mol. The summed E-state index contributed by atoms with van der Waals surface area (Å²) in [4.78, 5) is 6.20. The van der Waals surface area contributed by atoms with Crippen LogP contribution < -0.4 is 5.32 Å². The van der Waals surface area contributed by atoms with Gasteiger partial charge in [0.1, 0.15) is 5.01 Å². The third kappa shape index (κ3) is 3.40. The second-order valence-corrected chi connectivity index (χ2v) is 6.71. The Bertz CT molecular complexity index is 672. The van der Waals surface area contributed by atoms with Crippen molar-refractivity contribution in [1.82, 2.24) is 10.3 Å². The van der Waals surface area contributed by atoms with E-state index in [0.717, 1.165) is 30.2 Å². The summed E-state index contributed by atoms with van der Waals surface area (Å²) in [7, 11) is 0. The second-order valence-electron chi connectivity index (χ2n) is 4.85. The van der Waals surface area contributed by atoms with Gasteiger partial charge in [0, 0.05) is 27.9 Å². The molecule has 2 aromatic heterocycles. The van der Waals surface area contributed by atoms with Gasteiger partial charge in [-0.1, -0.05) is 37.3 Å². The highest BCUT2D eigenvalue weighted by atomic mass is 32.1. The molecule has 2 nitrogen and oxygen atoms in total. The summed E-state index contributed by atoms with van der Waals surface area (Å²) in [5, 5.41) is 8.88. The van der Waals surface area contributed by atoms with Crippen molar-refractivity contribution in [3.8, 4) is 21.8 Å². The van der Waals surface area contributed by atoms with Gasteiger partial charge in [-0.15, -0.1) is 11.3 Å². The van der Waals surface area contributed by atoms with E-state index < -0.39 is 0 Å². The van der Waals surface area contributed by atoms with Crippen molar-refractivity contribution in [2.45, 2.75) is 19.9 Å². The maximum Gasteiger partial charge on any atom is 0.125 e. The van der Waals surface area contributed by atoms with E-state index in [-0.39, 0.29) is 0 Å². The first-order chi connectivity index (χ1) is 10.4. The van der Waals surface area contributed by atoms with Crippen LogP contribution in [0.5, 0.6) is 0 Å². The number of rotatable bonds is 6. The molecule has 3 aromatic rings. The lowest BCUT2D eigenvalue weighted by Crippen LogP contribution is -2.13. The predicted octanol–water partition coefficient (Wildman–Crippen LogP) is 5.04. The lowest BCUT2D eigenvalue weighted by atomic mass is 10.1. The molecule has 1 N–H and O–H groups in total. The zero-order chi connectivity index (χ0) is 14.5. The van der Waals surface area contributed by atoms with Crippen LogP contribution in [0.1, 0.15) is 18.2 Å². The van der Waals surface area contributed by atoms with Crippen LogP contribution in [0.3, 0.4) is 0 Å². The molecule has 1 aromatic carbocycles. The molecule has 0 aliphatic carbocycles. The molecule has 4 heteroatoms. The Balaban J connectivity index is 1.96. The monoisotopic (exact) mass is 314 g/mol. The van der Waals surface area contributed by atoms with E-state index in [9.17, 15) is 0 Å². The molecular weight excluding hydrogens is 296 g/mol. The Kier molecular flexibility index (Phi) is 4.80. The molecule has 0 unspecified atom stereocenters. The van der Waals surface area contributed by atoms with E-state index in [2.05, 4.69) is 53.3 Å². The van der Waals surface area contributed by atoms with Gasteiger partial charge >= 0.3 is 0 Å². The van der Waals surface area contributed by atoms with E-state index in [1.807, 2.05) is 6.07 Å². The van der Waals surface area contributed by atoms with Crippen molar-refractivity contribution in [2.75, 3.05) is 6.54 Å². The van der Waals surface area contributed by atoms with Gasteiger partial charge in [0.2, 0.25) is 0 Å². The molecule has 0 aliphatic heterocycles. The first-order valence-corrected chi connectivity index (χ1v) is 8.93. The molecule has 3 rings (SSSR count). The third-order valence-corrected chi connectivity index (χ3v) is 5.01. The summed E-state index contributed by atoms with van der Waals surface area (Å²) in [5.41, 5.74) is 3.54. The van der Waals surface area contributed by atoms with E-state index >= 15 is 0 Å². The zero-order valence-corrected chi connectivity index (χ0v) is 13.6. The number of thiazole rings is 1. The molecule has 0 fully saturated rings. The molecule has 108 valence electrons. The number of hydrogen-bond acceptors (Lipinski definition) is 4. The molecule has 21 heavy (non-hydrogen) atoms. The first kappa shape index (κ1) is 14.4. The maximum atomic E-state index is 4.89. The van der Waals surface area contributed by atoms with Crippen molar-refractivity contribution < 1.29 is 0 Å². The molecule has 0 radical (unpaired) electrons. The number of benzene rings is 1. The highest BCUT2D eigenvalue weighted by Crippen LogP contribution is 2.34. The Hall–Kier alpha value is -1.49. The standard InChI is InChI=1S/C17H18N2S2/c1-2-9-18-11-15-16(13-6-4-3-5-7-13)19-17(21-15)14-8-10-20-12-14/h3-8,10,12,18H,2,9,11H2,1H3. The summed E-state index contributed by atoms with van der Waals surface area (Å²) < 4.78 is 0. The summed E-state index contributed by atoms with van der Waals surface area (Å²) in [6, 6.07) is 12.6. The van der Waals surface area contributed by atoms with E-state index in [0.29, 0.717) is 0 Å². The fraction of sp³-hybridized carbons (Fsp3) is 0.235. The van der Waals surface area contributed by atoms with Crippen LogP contribution in [0.2, 0.25) is 0 Å². The Morgan fingerprint density at radius 2 is 1.95 bits per heavy atom. The van der Waals surface area contributed by atoms with Gasteiger partial charge in [0.05, 0.1) is 5.69 Å².